The van der Waals surface area contributed by atoms with Crippen molar-refractivity contribution in [3.63, 3.8) is 0 Å². The highest BCUT2D eigenvalue weighted by Crippen LogP contribution is 2.35. The van der Waals surface area contributed by atoms with Gasteiger partial charge in [-0.25, -0.2) is 0 Å². The molecule has 0 amide bonds. The third-order valence-corrected chi connectivity index (χ3v) is 5.40. The maximum Gasteiger partial charge on any atom is 0.416 e. The van der Waals surface area contributed by atoms with Gasteiger partial charge in [0.15, 0.2) is 0 Å². The van der Waals surface area contributed by atoms with Crippen molar-refractivity contribution in [3.8, 4) is 17.1 Å². The molecule has 32 heavy (non-hydrogen) atoms. The van der Waals surface area contributed by atoms with E-state index in [4.69, 9.17) is 13.7 Å². The minimum absolute atomic E-state index is 0.0734. The van der Waals surface area contributed by atoms with E-state index in [1.165, 1.54) is 23.9 Å². The molecule has 166 valence electrons. The van der Waals surface area contributed by atoms with Crippen LogP contribution >= 0.6 is 11.8 Å². The van der Waals surface area contributed by atoms with Crippen molar-refractivity contribution in [2.45, 2.75) is 30.0 Å². The van der Waals surface area contributed by atoms with E-state index in [1.54, 1.807) is 14.0 Å². The number of hydrogen-bond acceptors (Lipinski definition) is 8. The molecule has 4 aromatic rings. The molecule has 0 aliphatic heterocycles. The van der Waals surface area contributed by atoms with Crippen LogP contribution in [0.3, 0.4) is 0 Å². The van der Waals surface area contributed by atoms with Gasteiger partial charge in [0.25, 0.3) is 5.22 Å². The van der Waals surface area contributed by atoms with E-state index in [9.17, 15) is 13.2 Å². The predicted octanol–water partition coefficient (Wildman–Crippen LogP) is 5.59. The molecule has 2 aromatic heterocycles. The minimum Gasteiger partial charge on any atom is -0.497 e. The van der Waals surface area contributed by atoms with E-state index in [-0.39, 0.29) is 22.5 Å². The predicted molar refractivity (Wildman–Crippen MR) is 109 cm³/mol. The Morgan fingerprint density at radius 2 is 1.88 bits per heavy atom. The molecule has 2 heterocycles. The SMILES string of the molecule is COc1ccc(Cc2nnc(SC(C)c3nc(-c4cccc(C(F)(F)F)c4)no3)o2)cc1. The van der Waals surface area contributed by atoms with Gasteiger partial charge in [0.2, 0.25) is 17.6 Å². The molecule has 0 radical (unpaired) electrons. The van der Waals surface area contributed by atoms with Gasteiger partial charge in [-0.1, -0.05) is 41.2 Å². The molecular weight excluding hydrogens is 445 g/mol. The molecule has 0 saturated heterocycles. The normalized spacial score (nSPS) is 12.7. The average molecular weight is 462 g/mol. The van der Waals surface area contributed by atoms with Gasteiger partial charge in [0.05, 0.1) is 24.3 Å². The zero-order chi connectivity index (χ0) is 22.7. The van der Waals surface area contributed by atoms with Crippen molar-refractivity contribution >= 4 is 11.8 Å². The Labute approximate surface area is 185 Å². The van der Waals surface area contributed by atoms with Gasteiger partial charge >= 0.3 is 6.18 Å². The summed E-state index contributed by atoms with van der Waals surface area (Å²) in [6.45, 7) is 1.79. The average Bonchev–Trinajstić information content (AvgIpc) is 3.44. The molecule has 0 aliphatic rings. The van der Waals surface area contributed by atoms with Crippen LogP contribution in [0.4, 0.5) is 13.2 Å². The lowest BCUT2D eigenvalue weighted by Crippen LogP contribution is -2.04. The van der Waals surface area contributed by atoms with E-state index >= 15 is 0 Å². The van der Waals surface area contributed by atoms with Gasteiger partial charge in [-0.2, -0.15) is 18.2 Å². The molecule has 1 unspecified atom stereocenters. The lowest BCUT2D eigenvalue weighted by Gasteiger charge is -2.06. The first-order chi connectivity index (χ1) is 15.3. The van der Waals surface area contributed by atoms with Crippen molar-refractivity contribution < 1.29 is 26.8 Å². The van der Waals surface area contributed by atoms with E-state index in [1.807, 2.05) is 24.3 Å². The van der Waals surface area contributed by atoms with Crippen LogP contribution in [-0.2, 0) is 12.6 Å². The number of benzene rings is 2. The number of methoxy groups -OCH3 is 1. The Hall–Kier alpha value is -3.34. The topological polar surface area (TPSA) is 87.1 Å². The Morgan fingerprint density at radius 3 is 2.59 bits per heavy atom. The summed E-state index contributed by atoms with van der Waals surface area (Å²) in [4.78, 5) is 4.22. The molecule has 2 aromatic carbocycles. The number of nitrogens with zero attached hydrogens (tertiary/aromatic N) is 4. The van der Waals surface area contributed by atoms with Crippen LogP contribution in [0.15, 0.2) is 62.7 Å². The zero-order valence-corrected chi connectivity index (χ0v) is 17.8. The Morgan fingerprint density at radius 1 is 1.09 bits per heavy atom. The monoisotopic (exact) mass is 462 g/mol. The standard InChI is InChI=1S/C21H17F3N4O3S/c1-12(19-25-18(28-31-19)14-4-3-5-15(11-14)21(22,23)24)32-20-27-26-17(30-20)10-13-6-8-16(29-2)9-7-13/h3-9,11-12H,10H2,1-2H3. The molecule has 1 atom stereocenters. The smallest absolute Gasteiger partial charge is 0.416 e. The molecule has 11 heteroatoms. The Bertz CT molecular complexity index is 1190. The van der Waals surface area contributed by atoms with Crippen LogP contribution in [0.2, 0.25) is 0 Å². The van der Waals surface area contributed by atoms with Crippen molar-refractivity contribution in [3.05, 3.63) is 71.4 Å². The number of ether oxygens (including phenoxy) is 1. The number of rotatable bonds is 7. The zero-order valence-electron chi connectivity index (χ0n) is 17.0. The summed E-state index contributed by atoms with van der Waals surface area (Å²) in [5, 5.41) is 11.8. The summed E-state index contributed by atoms with van der Waals surface area (Å²) in [6, 6.07) is 12.3. The van der Waals surface area contributed by atoms with Crippen LogP contribution < -0.4 is 4.74 Å². The number of hydrogen-bond donors (Lipinski definition) is 0. The first-order valence-electron chi connectivity index (χ1n) is 9.45. The quantitative estimate of drug-likeness (QED) is 0.329. The fourth-order valence-electron chi connectivity index (χ4n) is 2.83. The molecule has 0 saturated carbocycles. The second kappa shape index (κ2) is 9.03. The summed E-state index contributed by atoms with van der Waals surface area (Å²) in [7, 11) is 1.60. The van der Waals surface area contributed by atoms with Gasteiger partial charge in [-0.3, -0.25) is 0 Å². The highest BCUT2D eigenvalue weighted by atomic mass is 32.2. The van der Waals surface area contributed by atoms with Crippen LogP contribution in [0.1, 0.15) is 35.1 Å². The molecule has 0 aliphatic carbocycles. The number of alkyl halides is 3. The first kappa shape index (κ1) is 21.9. The van der Waals surface area contributed by atoms with Crippen LogP contribution in [-0.4, -0.2) is 27.4 Å². The summed E-state index contributed by atoms with van der Waals surface area (Å²) in [5.74, 6) is 1.51. The van der Waals surface area contributed by atoms with E-state index < -0.39 is 11.7 Å². The lowest BCUT2D eigenvalue weighted by atomic mass is 10.1. The fourth-order valence-corrected chi connectivity index (χ4v) is 3.56. The maximum atomic E-state index is 12.9. The summed E-state index contributed by atoms with van der Waals surface area (Å²) in [5.41, 5.74) is 0.423. The van der Waals surface area contributed by atoms with Gasteiger partial charge in [-0.15, -0.1) is 10.2 Å². The molecule has 0 bridgehead atoms. The number of thioether (sulfide) groups is 1. The second-order valence-corrected chi connectivity index (χ2v) is 8.07. The second-order valence-electron chi connectivity index (χ2n) is 6.78. The minimum atomic E-state index is -4.45. The molecular formula is C21H17F3N4O3S. The third-order valence-electron chi connectivity index (χ3n) is 4.48. The van der Waals surface area contributed by atoms with Crippen molar-refractivity contribution in [2.24, 2.45) is 0 Å². The van der Waals surface area contributed by atoms with Gasteiger partial charge in [-0.05, 0) is 36.8 Å². The largest absolute Gasteiger partial charge is 0.497 e. The van der Waals surface area contributed by atoms with Crippen LogP contribution in [0.5, 0.6) is 5.75 Å². The molecule has 0 spiro atoms. The summed E-state index contributed by atoms with van der Waals surface area (Å²) < 4.78 is 54.9. The highest BCUT2D eigenvalue weighted by molar-refractivity contribution is 7.99. The molecule has 7 nitrogen and oxygen atoms in total. The van der Waals surface area contributed by atoms with Crippen molar-refractivity contribution in [1.82, 2.24) is 20.3 Å². The summed E-state index contributed by atoms with van der Waals surface area (Å²) in [6.07, 6.45) is -3.99. The Kier molecular flexibility index (Phi) is 6.17. The summed E-state index contributed by atoms with van der Waals surface area (Å²) >= 11 is 1.21. The lowest BCUT2D eigenvalue weighted by molar-refractivity contribution is -0.137. The van der Waals surface area contributed by atoms with Gasteiger partial charge in [0.1, 0.15) is 5.75 Å². The number of aromatic nitrogens is 4. The highest BCUT2D eigenvalue weighted by Gasteiger charge is 2.31. The fraction of sp³-hybridized carbons (Fsp3) is 0.238. The molecule has 4 rings (SSSR count). The molecule has 0 N–H and O–H groups in total. The third kappa shape index (κ3) is 5.10. The van der Waals surface area contributed by atoms with Crippen LogP contribution in [0.25, 0.3) is 11.4 Å². The van der Waals surface area contributed by atoms with Crippen molar-refractivity contribution in [1.29, 1.82) is 0 Å². The van der Waals surface area contributed by atoms with E-state index in [2.05, 4.69) is 20.3 Å². The molecule has 0 fully saturated rings. The van der Waals surface area contributed by atoms with Gasteiger partial charge < -0.3 is 13.7 Å². The number of halogens is 3. The van der Waals surface area contributed by atoms with E-state index in [0.717, 1.165) is 23.4 Å². The Balaban J connectivity index is 1.42. The maximum absolute atomic E-state index is 12.9. The van der Waals surface area contributed by atoms with Crippen LogP contribution in [0, 0.1) is 0 Å². The first-order valence-corrected chi connectivity index (χ1v) is 10.3. The van der Waals surface area contributed by atoms with Crippen molar-refractivity contribution in [2.75, 3.05) is 7.11 Å². The van der Waals surface area contributed by atoms with E-state index in [0.29, 0.717) is 17.5 Å². The van der Waals surface area contributed by atoms with Gasteiger partial charge in [0, 0.05) is 5.56 Å².